The Balaban J connectivity index is 1.81. The van der Waals surface area contributed by atoms with E-state index in [2.05, 4.69) is 10.6 Å². The van der Waals surface area contributed by atoms with Gasteiger partial charge in [0.25, 0.3) is 0 Å². The molecule has 0 bridgehead atoms. The molecule has 41 heavy (non-hydrogen) atoms. The molecule has 1 aromatic rings. The van der Waals surface area contributed by atoms with E-state index in [1.54, 1.807) is 26.0 Å². The van der Waals surface area contributed by atoms with E-state index < -0.39 is 35.2 Å². The van der Waals surface area contributed by atoms with E-state index in [-0.39, 0.29) is 57.6 Å². The van der Waals surface area contributed by atoms with Gasteiger partial charge in [-0.1, -0.05) is 31.0 Å². The number of esters is 2. The molecule has 0 saturated heterocycles. The lowest BCUT2D eigenvalue weighted by atomic mass is 9.75. The molecule has 1 heterocycles. The van der Waals surface area contributed by atoms with E-state index >= 15 is 0 Å². The van der Waals surface area contributed by atoms with Crippen molar-refractivity contribution in [1.29, 1.82) is 0 Å². The topological polar surface area (TPSA) is 151 Å². The first-order valence-electron chi connectivity index (χ1n) is 14.6. The van der Waals surface area contributed by atoms with E-state index in [9.17, 15) is 24.0 Å². The predicted octanol–water partition coefficient (Wildman–Crippen LogP) is 2.03. The number of benzene rings is 1. The minimum atomic E-state index is -0.936. The molecule has 1 aliphatic carbocycles. The molecule has 3 rings (SSSR count). The molecule has 1 aliphatic heterocycles. The molecule has 11 nitrogen and oxygen atoms in total. The number of nitrogens with zero attached hydrogens (tertiary/aromatic N) is 1. The van der Waals surface area contributed by atoms with Crippen LogP contribution < -0.4 is 15.5 Å². The molecule has 3 N–H and O–H groups in total. The fraction of sp³-hybridized carbons (Fsp3) is 0.633. The molecule has 0 radical (unpaired) electrons. The number of ether oxygens (including phenoxy) is 2. The predicted molar refractivity (Wildman–Crippen MR) is 151 cm³/mol. The molecule has 3 amide bonds. The Bertz CT molecular complexity index is 1090. The number of carbonyl (C=O) groups excluding carboxylic acids is 5. The lowest BCUT2D eigenvalue weighted by Gasteiger charge is -2.33. The Morgan fingerprint density at radius 1 is 1.10 bits per heavy atom. The number of anilines is 1. The van der Waals surface area contributed by atoms with Crippen LogP contribution in [0.3, 0.4) is 0 Å². The minimum absolute atomic E-state index is 0.0624. The van der Waals surface area contributed by atoms with Crippen LogP contribution in [0, 0.1) is 11.3 Å². The second-order valence-corrected chi connectivity index (χ2v) is 10.7. The number of aryl methyl sites for hydroxylation is 1. The number of fused-ring (bicyclic) bond motifs is 1. The van der Waals surface area contributed by atoms with Crippen molar-refractivity contribution in [1.82, 2.24) is 10.6 Å². The molecule has 0 aromatic heterocycles. The van der Waals surface area contributed by atoms with Gasteiger partial charge in [0, 0.05) is 25.3 Å². The van der Waals surface area contributed by atoms with Crippen molar-refractivity contribution in [2.45, 2.75) is 77.7 Å². The van der Waals surface area contributed by atoms with Crippen LogP contribution in [0.2, 0.25) is 0 Å². The monoisotopic (exact) mass is 573 g/mol. The molecule has 226 valence electrons. The van der Waals surface area contributed by atoms with Gasteiger partial charge in [-0.2, -0.15) is 0 Å². The number of hydrogen-bond acceptors (Lipinski definition) is 8. The van der Waals surface area contributed by atoms with Crippen molar-refractivity contribution in [2.75, 3.05) is 37.8 Å². The summed E-state index contributed by atoms with van der Waals surface area (Å²) in [5, 5.41) is 14.7. The first-order chi connectivity index (χ1) is 19.7. The average molecular weight is 574 g/mol. The molecule has 1 unspecified atom stereocenters. The van der Waals surface area contributed by atoms with Crippen LogP contribution in [0.15, 0.2) is 24.3 Å². The van der Waals surface area contributed by atoms with Gasteiger partial charge in [0.15, 0.2) is 0 Å². The molecule has 1 saturated carbocycles. The minimum Gasteiger partial charge on any atom is -0.466 e. The quantitative estimate of drug-likeness (QED) is 0.226. The Morgan fingerprint density at radius 2 is 1.80 bits per heavy atom. The molecule has 1 aromatic carbocycles. The van der Waals surface area contributed by atoms with Crippen molar-refractivity contribution >= 4 is 35.3 Å². The summed E-state index contributed by atoms with van der Waals surface area (Å²) >= 11 is 0. The van der Waals surface area contributed by atoms with Crippen LogP contribution in [0.1, 0.15) is 70.8 Å². The summed E-state index contributed by atoms with van der Waals surface area (Å²) in [6.07, 6.45) is 3.88. The van der Waals surface area contributed by atoms with Gasteiger partial charge in [-0.25, -0.2) is 0 Å². The van der Waals surface area contributed by atoms with Gasteiger partial charge < -0.3 is 25.2 Å². The smallest absolute Gasteiger partial charge is 0.326 e. The van der Waals surface area contributed by atoms with Crippen LogP contribution in [0.25, 0.3) is 0 Å². The zero-order chi connectivity index (χ0) is 29.8. The molecule has 0 spiro atoms. The maximum Gasteiger partial charge on any atom is 0.326 e. The van der Waals surface area contributed by atoms with Gasteiger partial charge in [-0.3, -0.25) is 28.9 Å². The zero-order valence-corrected chi connectivity index (χ0v) is 24.1. The van der Waals surface area contributed by atoms with Crippen molar-refractivity contribution in [3.63, 3.8) is 0 Å². The fourth-order valence-electron chi connectivity index (χ4n) is 5.81. The fourth-order valence-corrected chi connectivity index (χ4v) is 5.81. The van der Waals surface area contributed by atoms with E-state index in [0.29, 0.717) is 37.8 Å². The first kappa shape index (κ1) is 32.0. The second kappa shape index (κ2) is 15.5. The van der Waals surface area contributed by atoms with Crippen LogP contribution in [-0.2, 0) is 39.9 Å². The average Bonchev–Trinajstić information content (AvgIpc) is 3.39. The van der Waals surface area contributed by atoms with Gasteiger partial charge in [-0.05, 0) is 64.0 Å². The molecule has 2 aliphatic rings. The Morgan fingerprint density at radius 3 is 2.49 bits per heavy atom. The highest BCUT2D eigenvalue weighted by molar-refractivity contribution is 6.03. The summed E-state index contributed by atoms with van der Waals surface area (Å²) in [5.41, 5.74) is 0.577. The normalized spacial score (nSPS) is 18.6. The van der Waals surface area contributed by atoms with Crippen molar-refractivity contribution in [3.8, 4) is 0 Å². The number of para-hydroxylation sites is 1. The number of rotatable bonds is 14. The Hall–Kier alpha value is -3.47. The third kappa shape index (κ3) is 8.51. The van der Waals surface area contributed by atoms with Crippen LogP contribution in [0.4, 0.5) is 5.69 Å². The summed E-state index contributed by atoms with van der Waals surface area (Å²) in [6, 6.07) is 6.48. The number of aliphatic hydroxyl groups excluding tert-OH is 1. The van der Waals surface area contributed by atoms with E-state index in [4.69, 9.17) is 14.6 Å². The molecule has 2 atom stereocenters. The number of nitrogens with one attached hydrogen (secondary N) is 2. The van der Waals surface area contributed by atoms with Crippen molar-refractivity contribution in [2.24, 2.45) is 11.3 Å². The highest BCUT2D eigenvalue weighted by atomic mass is 16.5. The standard InChI is InChI=1S/C30H43N3O8/c1-3-40-26(36)20-33-24-11-6-5-10-21(24)12-13-23(27(33)37)32-29(39)30(14-7-8-15-30)19-22(28(38)41-4-2)18-25(35)31-16-9-17-34/h5-6,10-11,22-23,34H,3-4,7-9,12-20H2,1-2H3,(H,31,35)(H,32,39)/t22?,23-/m0/s1. The van der Waals surface area contributed by atoms with Gasteiger partial charge in [0.1, 0.15) is 12.6 Å². The van der Waals surface area contributed by atoms with E-state index in [0.717, 1.165) is 18.4 Å². The van der Waals surface area contributed by atoms with Gasteiger partial charge in [0.2, 0.25) is 17.7 Å². The number of hydrogen-bond donors (Lipinski definition) is 3. The summed E-state index contributed by atoms with van der Waals surface area (Å²) in [5.74, 6) is -2.98. The van der Waals surface area contributed by atoms with Crippen LogP contribution in [-0.4, -0.2) is 73.7 Å². The number of aliphatic hydroxyl groups is 1. The third-order valence-corrected chi connectivity index (χ3v) is 7.84. The number of carbonyl (C=O) groups is 5. The lowest BCUT2D eigenvalue weighted by molar-refractivity contribution is -0.152. The Labute approximate surface area is 241 Å². The first-order valence-corrected chi connectivity index (χ1v) is 14.6. The van der Waals surface area contributed by atoms with Gasteiger partial charge in [0.05, 0.1) is 24.5 Å². The molecular formula is C30H43N3O8. The van der Waals surface area contributed by atoms with E-state index in [1.165, 1.54) is 4.90 Å². The SMILES string of the molecule is CCOC(=O)CN1C(=O)[C@@H](NC(=O)C2(CC(CC(=O)NCCCO)C(=O)OCC)CCCC2)CCc2ccccc21. The zero-order valence-electron chi connectivity index (χ0n) is 24.1. The molecular weight excluding hydrogens is 530 g/mol. The maximum absolute atomic E-state index is 14.0. The van der Waals surface area contributed by atoms with Crippen molar-refractivity contribution < 1.29 is 38.6 Å². The van der Waals surface area contributed by atoms with Crippen molar-refractivity contribution in [3.05, 3.63) is 29.8 Å². The highest BCUT2D eigenvalue weighted by Gasteiger charge is 2.46. The molecule has 11 heteroatoms. The maximum atomic E-state index is 14.0. The van der Waals surface area contributed by atoms with Gasteiger partial charge >= 0.3 is 11.9 Å². The second-order valence-electron chi connectivity index (χ2n) is 10.7. The van der Waals surface area contributed by atoms with E-state index in [1.807, 2.05) is 12.1 Å². The van der Waals surface area contributed by atoms with Crippen LogP contribution in [0.5, 0.6) is 0 Å². The number of amides is 3. The Kier molecular flexibility index (Phi) is 12.1. The molecule has 1 fully saturated rings. The summed E-state index contributed by atoms with van der Waals surface area (Å²) in [6.45, 7) is 3.67. The summed E-state index contributed by atoms with van der Waals surface area (Å²) < 4.78 is 10.4. The summed E-state index contributed by atoms with van der Waals surface area (Å²) in [7, 11) is 0. The largest absolute Gasteiger partial charge is 0.466 e. The van der Waals surface area contributed by atoms with Gasteiger partial charge in [-0.15, -0.1) is 0 Å². The van der Waals surface area contributed by atoms with Crippen LogP contribution >= 0.6 is 0 Å². The lowest BCUT2D eigenvalue weighted by Crippen LogP contribution is -2.53. The third-order valence-electron chi connectivity index (χ3n) is 7.84. The summed E-state index contributed by atoms with van der Waals surface area (Å²) in [4.78, 5) is 66.9. The highest BCUT2D eigenvalue weighted by Crippen LogP contribution is 2.44.